The molecule has 1 aromatic carbocycles. The van der Waals surface area contributed by atoms with E-state index in [4.69, 9.17) is 9.47 Å². The van der Waals surface area contributed by atoms with Crippen molar-refractivity contribution < 1.29 is 19.0 Å². The normalized spacial score (nSPS) is 10.6. The molecule has 1 aromatic rings. The van der Waals surface area contributed by atoms with Gasteiger partial charge >= 0.3 is 5.97 Å². The largest absolute Gasteiger partial charge is 0.493 e. The lowest BCUT2D eigenvalue weighted by Crippen LogP contribution is -1.99. The first-order valence-electron chi connectivity index (χ1n) is 7.28. The number of hydrogen-bond donors (Lipinski definition) is 0. The molecule has 4 heteroatoms. The van der Waals surface area contributed by atoms with E-state index >= 15 is 0 Å². The van der Waals surface area contributed by atoms with E-state index in [0.29, 0.717) is 12.4 Å². The van der Waals surface area contributed by atoms with Gasteiger partial charge in [-0.25, -0.2) is 4.79 Å². The smallest absolute Gasteiger partial charge is 0.330 e. The average Bonchev–Trinajstić information content (AvgIpc) is 2.52. The molecule has 21 heavy (non-hydrogen) atoms. The van der Waals surface area contributed by atoms with Gasteiger partial charge in [0, 0.05) is 6.08 Å². The van der Waals surface area contributed by atoms with Crippen LogP contribution in [0.5, 0.6) is 11.5 Å². The zero-order valence-corrected chi connectivity index (χ0v) is 13.1. The first-order chi connectivity index (χ1) is 10.2. The second-order valence-electron chi connectivity index (χ2n) is 4.68. The van der Waals surface area contributed by atoms with E-state index in [1.807, 2.05) is 18.2 Å². The molecule has 0 saturated heterocycles. The van der Waals surface area contributed by atoms with E-state index in [1.54, 1.807) is 13.2 Å². The molecule has 0 aliphatic rings. The van der Waals surface area contributed by atoms with Crippen molar-refractivity contribution in [1.82, 2.24) is 0 Å². The van der Waals surface area contributed by atoms with E-state index in [-0.39, 0.29) is 5.97 Å². The highest BCUT2D eigenvalue weighted by atomic mass is 16.5. The molecule has 0 N–H and O–H groups in total. The molecule has 1 rings (SSSR count). The number of carbonyl (C=O) groups is 1. The number of benzene rings is 1. The Balaban J connectivity index is 2.61. The summed E-state index contributed by atoms with van der Waals surface area (Å²) in [7, 11) is 2.95. The zero-order chi connectivity index (χ0) is 15.5. The van der Waals surface area contributed by atoms with Crippen LogP contribution in [0.4, 0.5) is 0 Å². The maximum Gasteiger partial charge on any atom is 0.330 e. The molecule has 0 amide bonds. The van der Waals surface area contributed by atoms with Crippen LogP contribution in [0.15, 0.2) is 24.3 Å². The van der Waals surface area contributed by atoms with Crippen LogP contribution >= 0.6 is 0 Å². The van der Waals surface area contributed by atoms with Crippen LogP contribution in [0.1, 0.15) is 38.2 Å². The van der Waals surface area contributed by atoms with Crippen LogP contribution in [0.25, 0.3) is 6.08 Å². The van der Waals surface area contributed by atoms with Crippen molar-refractivity contribution in [2.75, 3.05) is 20.8 Å². The second kappa shape index (κ2) is 9.86. The number of hydrogen-bond acceptors (Lipinski definition) is 4. The molecular formula is C17H24O4. The summed E-state index contributed by atoms with van der Waals surface area (Å²) in [6, 6.07) is 5.57. The number of ether oxygens (including phenoxy) is 3. The highest BCUT2D eigenvalue weighted by molar-refractivity contribution is 5.87. The van der Waals surface area contributed by atoms with Crippen LogP contribution in [-0.2, 0) is 9.53 Å². The Labute approximate surface area is 126 Å². The fourth-order valence-corrected chi connectivity index (χ4v) is 1.85. The molecule has 0 heterocycles. The fourth-order valence-electron chi connectivity index (χ4n) is 1.85. The summed E-state index contributed by atoms with van der Waals surface area (Å²) >= 11 is 0. The van der Waals surface area contributed by atoms with Crippen molar-refractivity contribution in [3.8, 4) is 11.5 Å². The molecule has 0 spiro atoms. The Morgan fingerprint density at radius 3 is 2.62 bits per heavy atom. The maximum atomic E-state index is 11.1. The van der Waals surface area contributed by atoms with E-state index in [9.17, 15) is 4.79 Å². The first-order valence-corrected chi connectivity index (χ1v) is 7.28. The van der Waals surface area contributed by atoms with Crippen molar-refractivity contribution in [3.63, 3.8) is 0 Å². The Morgan fingerprint density at radius 1 is 1.14 bits per heavy atom. The van der Waals surface area contributed by atoms with E-state index < -0.39 is 0 Å². The molecule has 4 nitrogen and oxygen atoms in total. The summed E-state index contributed by atoms with van der Waals surface area (Å²) in [6.45, 7) is 2.87. The number of esters is 1. The van der Waals surface area contributed by atoms with E-state index in [1.165, 1.54) is 32.4 Å². The first kappa shape index (κ1) is 17.1. The van der Waals surface area contributed by atoms with Gasteiger partial charge in [0.25, 0.3) is 0 Å². The minimum atomic E-state index is -0.384. The Kier molecular flexibility index (Phi) is 8.02. The minimum absolute atomic E-state index is 0.384. The van der Waals surface area contributed by atoms with Gasteiger partial charge in [0.2, 0.25) is 0 Å². The fraction of sp³-hybridized carbons (Fsp3) is 0.471. The standard InChI is InChI=1S/C17H24O4/c1-4-5-6-7-12-21-15-10-8-14(13-16(15)19-2)9-11-17(18)20-3/h8-11,13H,4-7,12H2,1-3H3/b11-9+. The third-order valence-electron chi connectivity index (χ3n) is 3.06. The Morgan fingerprint density at radius 2 is 1.95 bits per heavy atom. The topological polar surface area (TPSA) is 44.8 Å². The summed E-state index contributed by atoms with van der Waals surface area (Å²) in [4.78, 5) is 11.1. The lowest BCUT2D eigenvalue weighted by Gasteiger charge is -2.11. The van der Waals surface area contributed by atoms with Gasteiger partial charge in [-0.1, -0.05) is 32.3 Å². The molecule has 0 unspecified atom stereocenters. The zero-order valence-electron chi connectivity index (χ0n) is 13.1. The van der Waals surface area contributed by atoms with Crippen LogP contribution in [0.3, 0.4) is 0 Å². The molecule has 0 aliphatic heterocycles. The van der Waals surface area contributed by atoms with E-state index in [0.717, 1.165) is 17.7 Å². The monoisotopic (exact) mass is 292 g/mol. The van der Waals surface area contributed by atoms with Crippen molar-refractivity contribution >= 4 is 12.0 Å². The summed E-state index contributed by atoms with van der Waals surface area (Å²) < 4.78 is 15.6. The molecule has 0 aromatic heterocycles. The number of methoxy groups -OCH3 is 2. The minimum Gasteiger partial charge on any atom is -0.493 e. The number of carbonyl (C=O) groups excluding carboxylic acids is 1. The average molecular weight is 292 g/mol. The molecule has 0 atom stereocenters. The second-order valence-corrected chi connectivity index (χ2v) is 4.68. The molecule has 0 fully saturated rings. The van der Waals surface area contributed by atoms with Gasteiger partial charge in [0.05, 0.1) is 20.8 Å². The van der Waals surface area contributed by atoms with Crippen LogP contribution in [0, 0.1) is 0 Å². The molecule has 0 saturated carbocycles. The van der Waals surface area contributed by atoms with Gasteiger partial charge in [0.15, 0.2) is 11.5 Å². The van der Waals surface area contributed by atoms with Gasteiger partial charge in [-0.3, -0.25) is 0 Å². The number of unbranched alkanes of at least 4 members (excludes halogenated alkanes) is 3. The highest BCUT2D eigenvalue weighted by Crippen LogP contribution is 2.28. The van der Waals surface area contributed by atoms with Gasteiger partial charge in [-0.15, -0.1) is 0 Å². The van der Waals surface area contributed by atoms with Crippen molar-refractivity contribution in [1.29, 1.82) is 0 Å². The Bertz CT molecular complexity index is 466. The lowest BCUT2D eigenvalue weighted by atomic mass is 10.2. The number of rotatable bonds is 9. The van der Waals surface area contributed by atoms with Crippen molar-refractivity contribution in [2.24, 2.45) is 0 Å². The highest BCUT2D eigenvalue weighted by Gasteiger charge is 2.05. The van der Waals surface area contributed by atoms with E-state index in [2.05, 4.69) is 11.7 Å². The van der Waals surface area contributed by atoms with Gasteiger partial charge in [0.1, 0.15) is 0 Å². The summed E-state index contributed by atoms with van der Waals surface area (Å²) in [6.07, 6.45) is 7.72. The predicted octanol–water partition coefficient (Wildman–Crippen LogP) is 3.84. The summed E-state index contributed by atoms with van der Waals surface area (Å²) in [5, 5.41) is 0. The van der Waals surface area contributed by atoms with Crippen LogP contribution in [0.2, 0.25) is 0 Å². The van der Waals surface area contributed by atoms with Crippen molar-refractivity contribution in [2.45, 2.75) is 32.6 Å². The Hall–Kier alpha value is -1.97. The molecule has 116 valence electrons. The summed E-state index contributed by atoms with van der Waals surface area (Å²) in [5.74, 6) is 1.01. The molecular weight excluding hydrogens is 268 g/mol. The third kappa shape index (κ3) is 6.34. The van der Waals surface area contributed by atoms with Crippen LogP contribution in [-0.4, -0.2) is 26.8 Å². The molecule has 0 bridgehead atoms. The molecule has 0 radical (unpaired) electrons. The summed E-state index contributed by atoms with van der Waals surface area (Å²) in [5.41, 5.74) is 0.857. The molecule has 0 aliphatic carbocycles. The van der Waals surface area contributed by atoms with Gasteiger partial charge in [-0.2, -0.15) is 0 Å². The van der Waals surface area contributed by atoms with Gasteiger partial charge in [-0.05, 0) is 30.2 Å². The SMILES string of the molecule is CCCCCCOc1ccc(/C=C/C(=O)OC)cc1OC. The van der Waals surface area contributed by atoms with Gasteiger partial charge < -0.3 is 14.2 Å². The quantitative estimate of drug-likeness (QED) is 0.394. The lowest BCUT2D eigenvalue weighted by molar-refractivity contribution is -0.134. The predicted molar refractivity (Wildman–Crippen MR) is 83.7 cm³/mol. The van der Waals surface area contributed by atoms with Crippen molar-refractivity contribution in [3.05, 3.63) is 29.8 Å². The van der Waals surface area contributed by atoms with Crippen LogP contribution < -0.4 is 9.47 Å². The third-order valence-corrected chi connectivity index (χ3v) is 3.06. The maximum absolute atomic E-state index is 11.1.